The summed E-state index contributed by atoms with van der Waals surface area (Å²) in [4.78, 5) is 0. The van der Waals surface area contributed by atoms with Gasteiger partial charge in [0.1, 0.15) is 0 Å². The van der Waals surface area contributed by atoms with Crippen LogP contribution in [0.4, 0.5) is 0 Å². The number of hydrogen-bond acceptors (Lipinski definition) is 1. The zero-order valence-electron chi connectivity index (χ0n) is 12.0. The van der Waals surface area contributed by atoms with Gasteiger partial charge in [0, 0.05) is 0 Å². The molecule has 0 saturated carbocycles. The van der Waals surface area contributed by atoms with Crippen LogP contribution in [-0.4, -0.2) is 13.1 Å². The SMILES string of the molecule is CC1CCCCCCCCCNCCCCC1. The predicted molar refractivity (Wildman–Crippen MR) is 77.4 cm³/mol. The molecule has 0 aromatic carbocycles. The van der Waals surface area contributed by atoms with Crippen LogP contribution in [0.15, 0.2) is 0 Å². The molecule has 1 aliphatic heterocycles. The van der Waals surface area contributed by atoms with Crippen molar-refractivity contribution in [3.63, 3.8) is 0 Å². The standard InChI is InChI=1S/C16H33N/c1-16-12-8-5-3-2-4-6-10-14-17-15-11-7-9-13-16/h16-17H,2-15H2,1H3. The molecule has 1 rings (SSSR count). The summed E-state index contributed by atoms with van der Waals surface area (Å²) in [7, 11) is 0. The van der Waals surface area contributed by atoms with Crippen LogP contribution < -0.4 is 5.32 Å². The zero-order valence-corrected chi connectivity index (χ0v) is 12.0. The molecule has 0 aliphatic carbocycles. The highest BCUT2D eigenvalue weighted by Crippen LogP contribution is 2.17. The Hall–Kier alpha value is -0.0400. The summed E-state index contributed by atoms with van der Waals surface area (Å²) < 4.78 is 0. The highest BCUT2D eigenvalue weighted by atomic mass is 14.8. The summed E-state index contributed by atoms with van der Waals surface area (Å²) in [6.45, 7) is 4.94. The first-order valence-electron chi connectivity index (χ1n) is 8.10. The van der Waals surface area contributed by atoms with Gasteiger partial charge < -0.3 is 5.32 Å². The van der Waals surface area contributed by atoms with E-state index in [1.165, 1.54) is 90.1 Å². The van der Waals surface area contributed by atoms with Gasteiger partial charge in [-0.15, -0.1) is 0 Å². The van der Waals surface area contributed by atoms with Crippen molar-refractivity contribution in [1.29, 1.82) is 0 Å². The van der Waals surface area contributed by atoms with Crippen molar-refractivity contribution in [2.24, 2.45) is 5.92 Å². The van der Waals surface area contributed by atoms with E-state index in [1.807, 2.05) is 0 Å². The van der Waals surface area contributed by atoms with Crippen LogP contribution in [0.2, 0.25) is 0 Å². The smallest absolute Gasteiger partial charge is 0.00489 e. The molecule has 0 aromatic rings. The molecule has 0 spiro atoms. The van der Waals surface area contributed by atoms with Gasteiger partial charge in [-0.1, -0.05) is 71.1 Å². The van der Waals surface area contributed by atoms with Crippen molar-refractivity contribution >= 4 is 0 Å². The first-order valence-corrected chi connectivity index (χ1v) is 8.10. The number of nitrogens with one attached hydrogen (secondary N) is 1. The van der Waals surface area contributed by atoms with Gasteiger partial charge >= 0.3 is 0 Å². The van der Waals surface area contributed by atoms with E-state index in [9.17, 15) is 0 Å². The maximum absolute atomic E-state index is 3.58. The Morgan fingerprint density at radius 3 is 1.59 bits per heavy atom. The van der Waals surface area contributed by atoms with Crippen molar-refractivity contribution in [2.75, 3.05) is 13.1 Å². The Bertz CT molecular complexity index is 140. The molecule has 1 nitrogen and oxygen atoms in total. The monoisotopic (exact) mass is 239 g/mol. The van der Waals surface area contributed by atoms with E-state index in [1.54, 1.807) is 0 Å². The second-order valence-electron chi connectivity index (χ2n) is 5.97. The molecule has 1 fully saturated rings. The predicted octanol–water partition coefficient (Wildman–Crippen LogP) is 4.91. The topological polar surface area (TPSA) is 12.0 Å². The summed E-state index contributed by atoms with van der Waals surface area (Å²) in [6.07, 6.45) is 17.3. The number of hydrogen-bond donors (Lipinski definition) is 1. The fourth-order valence-corrected chi connectivity index (χ4v) is 2.82. The lowest BCUT2D eigenvalue weighted by molar-refractivity contribution is 0.428. The van der Waals surface area contributed by atoms with Crippen LogP contribution in [0.1, 0.15) is 84.0 Å². The average molecular weight is 239 g/mol. The minimum absolute atomic E-state index is 0.968. The molecule has 1 heterocycles. The molecule has 1 heteroatoms. The Kier molecular flexibility index (Phi) is 9.78. The third-order valence-corrected chi connectivity index (χ3v) is 4.10. The van der Waals surface area contributed by atoms with E-state index in [-0.39, 0.29) is 0 Å². The molecule has 1 unspecified atom stereocenters. The Morgan fingerprint density at radius 1 is 0.588 bits per heavy atom. The first kappa shape index (κ1) is 15.0. The van der Waals surface area contributed by atoms with Gasteiger partial charge in [-0.3, -0.25) is 0 Å². The lowest BCUT2D eigenvalue weighted by Crippen LogP contribution is -2.16. The number of rotatable bonds is 0. The highest BCUT2D eigenvalue weighted by Gasteiger charge is 2.02. The quantitative estimate of drug-likeness (QED) is 0.633. The van der Waals surface area contributed by atoms with Gasteiger partial charge in [-0.05, 0) is 31.8 Å². The van der Waals surface area contributed by atoms with E-state index in [0.29, 0.717) is 0 Å². The van der Waals surface area contributed by atoms with Gasteiger partial charge in [0.2, 0.25) is 0 Å². The second kappa shape index (κ2) is 11.1. The molecule has 1 saturated heterocycles. The van der Waals surface area contributed by atoms with E-state index < -0.39 is 0 Å². The van der Waals surface area contributed by atoms with Crippen LogP contribution in [0, 0.1) is 5.92 Å². The molecule has 17 heavy (non-hydrogen) atoms. The molecule has 1 atom stereocenters. The maximum Gasteiger partial charge on any atom is -0.00489 e. The third-order valence-electron chi connectivity index (χ3n) is 4.10. The van der Waals surface area contributed by atoms with Gasteiger partial charge in [0.15, 0.2) is 0 Å². The van der Waals surface area contributed by atoms with Crippen molar-refractivity contribution in [3.8, 4) is 0 Å². The maximum atomic E-state index is 3.58. The summed E-state index contributed by atoms with van der Waals surface area (Å²) in [5, 5.41) is 3.58. The van der Waals surface area contributed by atoms with Crippen LogP contribution in [0.25, 0.3) is 0 Å². The van der Waals surface area contributed by atoms with Gasteiger partial charge in [-0.25, -0.2) is 0 Å². The Morgan fingerprint density at radius 2 is 1.00 bits per heavy atom. The summed E-state index contributed by atoms with van der Waals surface area (Å²) >= 11 is 0. The Balaban J connectivity index is 2.09. The molecule has 0 bridgehead atoms. The third kappa shape index (κ3) is 9.64. The fourth-order valence-electron chi connectivity index (χ4n) is 2.82. The van der Waals surface area contributed by atoms with E-state index in [4.69, 9.17) is 0 Å². The van der Waals surface area contributed by atoms with Crippen molar-refractivity contribution in [2.45, 2.75) is 84.0 Å². The summed E-state index contributed by atoms with van der Waals surface area (Å²) in [6, 6.07) is 0. The van der Waals surface area contributed by atoms with Crippen LogP contribution in [0.5, 0.6) is 0 Å². The van der Waals surface area contributed by atoms with Crippen LogP contribution in [0.3, 0.4) is 0 Å². The largest absolute Gasteiger partial charge is 0.317 e. The highest BCUT2D eigenvalue weighted by molar-refractivity contribution is 4.57. The van der Waals surface area contributed by atoms with Crippen molar-refractivity contribution in [3.05, 3.63) is 0 Å². The lowest BCUT2D eigenvalue weighted by Gasteiger charge is -2.12. The van der Waals surface area contributed by atoms with Gasteiger partial charge in [0.05, 0.1) is 0 Å². The van der Waals surface area contributed by atoms with Crippen LogP contribution >= 0.6 is 0 Å². The molecule has 102 valence electrons. The van der Waals surface area contributed by atoms with Gasteiger partial charge in [0.25, 0.3) is 0 Å². The van der Waals surface area contributed by atoms with Crippen LogP contribution in [-0.2, 0) is 0 Å². The lowest BCUT2D eigenvalue weighted by atomic mass is 9.96. The minimum Gasteiger partial charge on any atom is -0.317 e. The molecule has 0 amide bonds. The summed E-state index contributed by atoms with van der Waals surface area (Å²) in [5.41, 5.74) is 0. The van der Waals surface area contributed by atoms with E-state index in [0.717, 1.165) is 5.92 Å². The second-order valence-corrected chi connectivity index (χ2v) is 5.97. The molecule has 0 radical (unpaired) electrons. The zero-order chi connectivity index (χ0) is 12.2. The normalized spacial score (nSPS) is 27.7. The minimum atomic E-state index is 0.968. The van der Waals surface area contributed by atoms with Crippen molar-refractivity contribution in [1.82, 2.24) is 5.32 Å². The molecular formula is C16H33N. The van der Waals surface area contributed by atoms with E-state index >= 15 is 0 Å². The first-order chi connectivity index (χ1) is 8.39. The molecular weight excluding hydrogens is 206 g/mol. The molecule has 1 N–H and O–H groups in total. The molecule has 1 aliphatic rings. The average Bonchev–Trinajstić information content (AvgIpc) is 2.32. The fraction of sp³-hybridized carbons (Fsp3) is 1.00. The van der Waals surface area contributed by atoms with Gasteiger partial charge in [-0.2, -0.15) is 0 Å². The van der Waals surface area contributed by atoms with E-state index in [2.05, 4.69) is 12.2 Å². The Labute approximate surface area is 109 Å². The van der Waals surface area contributed by atoms with Crippen molar-refractivity contribution < 1.29 is 0 Å². The summed E-state index contributed by atoms with van der Waals surface area (Å²) in [5.74, 6) is 0.968. The molecule has 0 aromatic heterocycles.